The minimum Gasteiger partial charge on any atom is -0.326 e. The second kappa shape index (κ2) is 5.92. The lowest BCUT2D eigenvalue weighted by Crippen LogP contribution is -2.13. The Hall–Kier alpha value is -2.21. The van der Waals surface area contributed by atoms with Gasteiger partial charge in [-0.2, -0.15) is 5.10 Å². The van der Waals surface area contributed by atoms with Gasteiger partial charge in [0.2, 0.25) is 5.91 Å². The monoisotopic (exact) mass is 245 g/mol. The molecule has 0 unspecified atom stereocenters. The van der Waals surface area contributed by atoms with E-state index in [9.17, 15) is 4.79 Å². The van der Waals surface area contributed by atoms with Gasteiger partial charge in [0.1, 0.15) is 12.2 Å². The average Bonchev–Trinajstić information content (AvgIpc) is 2.84. The van der Waals surface area contributed by atoms with E-state index in [2.05, 4.69) is 25.8 Å². The van der Waals surface area contributed by atoms with E-state index in [1.165, 1.54) is 13.3 Å². The van der Waals surface area contributed by atoms with Gasteiger partial charge in [0.25, 0.3) is 0 Å². The summed E-state index contributed by atoms with van der Waals surface area (Å²) in [6.45, 7) is 2.88. The highest BCUT2D eigenvalue weighted by Crippen LogP contribution is 2.09. The minimum absolute atomic E-state index is 0.0637. The van der Waals surface area contributed by atoms with E-state index in [4.69, 9.17) is 0 Å². The van der Waals surface area contributed by atoms with E-state index in [0.717, 1.165) is 23.6 Å². The topological polar surface area (TPSA) is 82.7 Å². The number of aromatic nitrogens is 3. The van der Waals surface area contributed by atoms with Gasteiger partial charge < -0.3 is 10.6 Å². The Morgan fingerprint density at radius 2 is 2.06 bits per heavy atom. The average molecular weight is 245 g/mol. The molecule has 0 aliphatic carbocycles. The number of nitrogens with zero attached hydrogens (tertiary/aromatic N) is 2. The summed E-state index contributed by atoms with van der Waals surface area (Å²) in [6, 6.07) is 7.71. The number of aromatic amines is 1. The van der Waals surface area contributed by atoms with Crippen LogP contribution < -0.4 is 10.6 Å². The Kier molecular flexibility index (Phi) is 4.03. The number of hydrogen-bond donors (Lipinski definition) is 3. The minimum atomic E-state index is -0.0637. The van der Waals surface area contributed by atoms with Crippen LogP contribution in [0.4, 0.5) is 5.69 Å². The van der Waals surface area contributed by atoms with Gasteiger partial charge >= 0.3 is 0 Å². The molecular weight excluding hydrogens is 230 g/mol. The Morgan fingerprint density at radius 1 is 1.28 bits per heavy atom. The van der Waals surface area contributed by atoms with Crippen molar-refractivity contribution in [2.75, 3.05) is 5.32 Å². The van der Waals surface area contributed by atoms with Gasteiger partial charge in [-0.15, -0.1) is 0 Å². The van der Waals surface area contributed by atoms with E-state index in [0.29, 0.717) is 6.54 Å². The van der Waals surface area contributed by atoms with Crippen LogP contribution in [-0.4, -0.2) is 21.1 Å². The van der Waals surface area contributed by atoms with Crippen molar-refractivity contribution in [1.82, 2.24) is 20.5 Å². The van der Waals surface area contributed by atoms with Crippen LogP contribution in [0.3, 0.4) is 0 Å². The normalized spacial score (nSPS) is 10.3. The Morgan fingerprint density at radius 3 is 2.67 bits per heavy atom. The van der Waals surface area contributed by atoms with E-state index in [-0.39, 0.29) is 5.91 Å². The van der Waals surface area contributed by atoms with Crippen molar-refractivity contribution in [2.24, 2.45) is 0 Å². The maximum Gasteiger partial charge on any atom is 0.221 e. The van der Waals surface area contributed by atoms with Crippen LogP contribution in [0.2, 0.25) is 0 Å². The molecular formula is C12H15N5O. The molecule has 2 rings (SSSR count). The molecule has 0 fully saturated rings. The maximum absolute atomic E-state index is 10.9. The second-order valence-electron chi connectivity index (χ2n) is 3.91. The lowest BCUT2D eigenvalue weighted by Gasteiger charge is -2.05. The molecule has 18 heavy (non-hydrogen) atoms. The fourth-order valence-electron chi connectivity index (χ4n) is 1.55. The number of anilines is 1. The number of benzene rings is 1. The summed E-state index contributed by atoms with van der Waals surface area (Å²) in [5.41, 5.74) is 1.95. The molecule has 1 heterocycles. The third-order valence-electron chi connectivity index (χ3n) is 2.36. The molecule has 1 amide bonds. The van der Waals surface area contributed by atoms with E-state index >= 15 is 0 Å². The molecule has 94 valence electrons. The molecule has 0 aliphatic rings. The molecule has 1 aromatic carbocycles. The van der Waals surface area contributed by atoms with Crippen LogP contribution in [0, 0.1) is 0 Å². The second-order valence-corrected chi connectivity index (χ2v) is 3.91. The standard InChI is InChI=1S/C12H15N5O/c1-9(18)16-11-4-2-10(3-5-11)6-13-7-12-14-8-15-17-12/h2-5,8,13H,6-7H2,1H3,(H,16,18)(H,14,15,17). The molecule has 0 spiro atoms. The van der Waals surface area contributed by atoms with Gasteiger partial charge in [-0.25, -0.2) is 4.98 Å². The molecule has 6 nitrogen and oxygen atoms in total. The third-order valence-corrected chi connectivity index (χ3v) is 2.36. The predicted octanol–water partition coefficient (Wildman–Crippen LogP) is 1.05. The van der Waals surface area contributed by atoms with E-state index in [1.54, 1.807) is 0 Å². The van der Waals surface area contributed by atoms with Crippen molar-refractivity contribution in [3.8, 4) is 0 Å². The van der Waals surface area contributed by atoms with E-state index in [1.807, 2.05) is 24.3 Å². The van der Waals surface area contributed by atoms with Crippen LogP contribution in [0.1, 0.15) is 18.3 Å². The summed E-state index contributed by atoms with van der Waals surface area (Å²) in [5, 5.41) is 12.5. The van der Waals surface area contributed by atoms with Gasteiger partial charge in [-0.1, -0.05) is 12.1 Å². The number of carbonyl (C=O) groups excluding carboxylic acids is 1. The third kappa shape index (κ3) is 3.67. The molecule has 1 aromatic heterocycles. The van der Waals surface area contributed by atoms with Gasteiger partial charge in [0.15, 0.2) is 0 Å². The zero-order valence-corrected chi connectivity index (χ0v) is 10.1. The summed E-state index contributed by atoms with van der Waals surface area (Å²) in [6.07, 6.45) is 1.49. The quantitative estimate of drug-likeness (QED) is 0.735. The lowest BCUT2D eigenvalue weighted by molar-refractivity contribution is -0.114. The fourth-order valence-corrected chi connectivity index (χ4v) is 1.55. The summed E-state index contributed by atoms with van der Waals surface area (Å²) < 4.78 is 0. The van der Waals surface area contributed by atoms with Crippen LogP contribution >= 0.6 is 0 Å². The molecule has 6 heteroatoms. The molecule has 3 N–H and O–H groups in total. The highest BCUT2D eigenvalue weighted by molar-refractivity contribution is 5.88. The van der Waals surface area contributed by atoms with Crippen molar-refractivity contribution in [1.29, 1.82) is 0 Å². The lowest BCUT2D eigenvalue weighted by atomic mass is 10.2. The molecule has 0 radical (unpaired) electrons. The summed E-state index contributed by atoms with van der Waals surface area (Å²) in [7, 11) is 0. The van der Waals surface area contributed by atoms with Crippen LogP contribution in [-0.2, 0) is 17.9 Å². The zero-order chi connectivity index (χ0) is 12.8. The molecule has 0 saturated heterocycles. The van der Waals surface area contributed by atoms with Crippen molar-refractivity contribution >= 4 is 11.6 Å². The number of amides is 1. The molecule has 0 saturated carbocycles. The SMILES string of the molecule is CC(=O)Nc1ccc(CNCc2ncn[nH]2)cc1. The summed E-state index contributed by atoms with van der Waals surface area (Å²) >= 11 is 0. The first-order chi connectivity index (χ1) is 8.74. The molecule has 0 atom stereocenters. The van der Waals surface area contributed by atoms with Crippen molar-refractivity contribution in [3.63, 3.8) is 0 Å². The number of hydrogen-bond acceptors (Lipinski definition) is 4. The predicted molar refractivity (Wildman–Crippen MR) is 67.7 cm³/mol. The first-order valence-corrected chi connectivity index (χ1v) is 5.65. The highest BCUT2D eigenvalue weighted by atomic mass is 16.1. The maximum atomic E-state index is 10.9. The molecule has 0 aliphatic heterocycles. The van der Waals surface area contributed by atoms with Gasteiger partial charge in [-0.05, 0) is 17.7 Å². The summed E-state index contributed by atoms with van der Waals surface area (Å²) in [5.74, 6) is 0.746. The Balaban J connectivity index is 1.81. The van der Waals surface area contributed by atoms with E-state index < -0.39 is 0 Å². The first-order valence-electron chi connectivity index (χ1n) is 5.65. The molecule has 0 bridgehead atoms. The van der Waals surface area contributed by atoms with Crippen molar-refractivity contribution in [3.05, 3.63) is 42.0 Å². The fraction of sp³-hybridized carbons (Fsp3) is 0.250. The van der Waals surface area contributed by atoms with Crippen LogP contribution in [0.25, 0.3) is 0 Å². The van der Waals surface area contributed by atoms with Gasteiger partial charge in [0.05, 0.1) is 6.54 Å². The molecule has 2 aromatic rings. The zero-order valence-electron chi connectivity index (χ0n) is 10.1. The highest BCUT2D eigenvalue weighted by Gasteiger charge is 1.98. The Bertz CT molecular complexity index is 492. The largest absolute Gasteiger partial charge is 0.326 e. The van der Waals surface area contributed by atoms with Crippen molar-refractivity contribution < 1.29 is 4.79 Å². The van der Waals surface area contributed by atoms with Crippen molar-refractivity contribution in [2.45, 2.75) is 20.0 Å². The van der Waals surface area contributed by atoms with Crippen LogP contribution in [0.15, 0.2) is 30.6 Å². The Labute approximate surface area is 105 Å². The smallest absolute Gasteiger partial charge is 0.221 e. The number of rotatable bonds is 5. The number of H-pyrrole nitrogens is 1. The number of carbonyl (C=O) groups is 1. The first kappa shape index (κ1) is 12.3. The summed E-state index contributed by atoms with van der Waals surface area (Å²) in [4.78, 5) is 14.9. The van der Waals surface area contributed by atoms with Gasteiger partial charge in [-0.3, -0.25) is 9.89 Å². The van der Waals surface area contributed by atoms with Gasteiger partial charge in [0, 0.05) is 19.2 Å². The number of nitrogens with one attached hydrogen (secondary N) is 3. The van der Waals surface area contributed by atoms with Crippen LogP contribution in [0.5, 0.6) is 0 Å².